The molecule has 1 aromatic heterocycles. The number of benzene rings is 3. The van der Waals surface area contributed by atoms with E-state index in [4.69, 9.17) is 16.3 Å². The van der Waals surface area contributed by atoms with Gasteiger partial charge in [0.25, 0.3) is 5.91 Å². The average molecular weight is 569 g/mol. The molecule has 6 nitrogen and oxygen atoms in total. The highest BCUT2D eigenvalue weighted by Gasteiger charge is 2.22. The van der Waals surface area contributed by atoms with Crippen LogP contribution in [0.4, 0.5) is 10.1 Å². The molecule has 3 aromatic carbocycles. The Morgan fingerprint density at radius 1 is 1.05 bits per heavy atom. The van der Waals surface area contributed by atoms with Gasteiger partial charge in [0.05, 0.1) is 28.2 Å². The van der Waals surface area contributed by atoms with Gasteiger partial charge < -0.3 is 14.6 Å². The zero-order chi connectivity index (χ0) is 28.3. The Hall–Kier alpha value is -3.46. The lowest BCUT2D eigenvalue weighted by Crippen LogP contribution is -2.15. The van der Waals surface area contributed by atoms with Crippen LogP contribution in [0.25, 0.3) is 5.69 Å². The predicted molar refractivity (Wildman–Crippen MR) is 152 cm³/mol. The lowest BCUT2D eigenvalue weighted by atomic mass is 10.1. The number of aromatic nitrogens is 1. The molecular formula is C30H30ClFN2O4S. The first-order valence-corrected chi connectivity index (χ1v) is 14.6. The summed E-state index contributed by atoms with van der Waals surface area (Å²) in [7, 11) is -3.50. The van der Waals surface area contributed by atoms with E-state index in [1.54, 1.807) is 6.07 Å². The molecule has 1 unspecified atom stereocenters. The van der Waals surface area contributed by atoms with E-state index < -0.39 is 9.84 Å². The number of rotatable bonds is 9. The third-order valence-electron chi connectivity index (χ3n) is 6.43. The van der Waals surface area contributed by atoms with Crippen LogP contribution in [-0.4, -0.2) is 31.3 Å². The smallest absolute Gasteiger partial charge is 0.257 e. The first-order chi connectivity index (χ1) is 18.4. The number of hydrogen-bond donors (Lipinski definition) is 1. The molecule has 1 heterocycles. The van der Waals surface area contributed by atoms with Crippen LogP contribution < -0.4 is 5.32 Å². The van der Waals surface area contributed by atoms with Crippen LogP contribution in [0.5, 0.6) is 0 Å². The summed E-state index contributed by atoms with van der Waals surface area (Å²) >= 11 is 6.17. The van der Waals surface area contributed by atoms with Gasteiger partial charge in [-0.05, 0) is 74.4 Å². The van der Waals surface area contributed by atoms with Crippen LogP contribution in [0.15, 0.2) is 77.7 Å². The molecule has 0 aliphatic rings. The van der Waals surface area contributed by atoms with Gasteiger partial charge in [-0.3, -0.25) is 4.79 Å². The minimum atomic E-state index is -3.50. The van der Waals surface area contributed by atoms with Crippen molar-refractivity contribution in [3.63, 3.8) is 0 Å². The van der Waals surface area contributed by atoms with Crippen LogP contribution in [0.3, 0.4) is 0 Å². The number of nitrogens with one attached hydrogen (secondary N) is 1. The van der Waals surface area contributed by atoms with Crippen molar-refractivity contribution in [1.82, 2.24) is 4.57 Å². The molecule has 1 amide bonds. The summed E-state index contributed by atoms with van der Waals surface area (Å²) in [6.07, 6.45) is 1.41. The maximum atomic E-state index is 13.9. The average Bonchev–Trinajstić information content (AvgIpc) is 3.18. The van der Waals surface area contributed by atoms with Gasteiger partial charge in [-0.15, -0.1) is 0 Å². The van der Waals surface area contributed by atoms with Gasteiger partial charge >= 0.3 is 0 Å². The van der Waals surface area contributed by atoms with E-state index >= 15 is 0 Å². The van der Waals surface area contributed by atoms with Gasteiger partial charge in [-0.25, -0.2) is 12.8 Å². The molecule has 0 bridgehead atoms. The zero-order valence-electron chi connectivity index (χ0n) is 22.2. The second-order valence-electron chi connectivity index (χ2n) is 9.58. The van der Waals surface area contributed by atoms with Gasteiger partial charge in [0, 0.05) is 35.4 Å². The number of hydrogen-bond acceptors (Lipinski definition) is 4. The summed E-state index contributed by atoms with van der Waals surface area (Å²) in [6, 6.07) is 20.5. The molecule has 204 valence electrons. The summed E-state index contributed by atoms with van der Waals surface area (Å²) in [5.41, 5.74) is 4.84. The third-order valence-corrected chi connectivity index (χ3v) is 8.01. The first-order valence-electron chi connectivity index (χ1n) is 12.4. The fraction of sp³-hybridized carbons (Fsp3) is 0.233. The molecule has 0 fully saturated rings. The standard InChI is InChI=1S/C30H30ClFN2O4S/c1-19-14-23(32)10-12-28(19)34-21(3)26(17-25(34)15-20(2)38-18-22-8-6-5-7-9-22)30(35)33-24-11-13-29(27(31)16-24)39(4,36)37/h5-14,16-17,20H,15,18H2,1-4H3,(H,33,35). The van der Waals surface area contributed by atoms with Crippen molar-refractivity contribution in [2.45, 2.75) is 44.8 Å². The van der Waals surface area contributed by atoms with E-state index in [1.165, 1.54) is 30.3 Å². The Bertz CT molecular complexity index is 1620. The topological polar surface area (TPSA) is 77.4 Å². The molecule has 4 aromatic rings. The van der Waals surface area contributed by atoms with Crippen LogP contribution in [0.1, 0.15) is 39.8 Å². The second kappa shape index (κ2) is 11.7. The number of ether oxygens (including phenoxy) is 1. The highest BCUT2D eigenvalue weighted by molar-refractivity contribution is 7.90. The van der Waals surface area contributed by atoms with Gasteiger partial charge in [-0.2, -0.15) is 0 Å². The molecular weight excluding hydrogens is 539 g/mol. The summed E-state index contributed by atoms with van der Waals surface area (Å²) in [4.78, 5) is 13.4. The van der Waals surface area contributed by atoms with Crippen molar-refractivity contribution in [1.29, 1.82) is 0 Å². The van der Waals surface area contributed by atoms with Gasteiger partial charge in [0.2, 0.25) is 0 Å². The van der Waals surface area contributed by atoms with Crippen LogP contribution in [0, 0.1) is 19.7 Å². The fourth-order valence-corrected chi connectivity index (χ4v) is 5.83. The molecule has 0 aliphatic carbocycles. The number of sulfone groups is 1. The summed E-state index contributed by atoms with van der Waals surface area (Å²) < 4.78 is 45.7. The molecule has 0 saturated carbocycles. The molecule has 9 heteroatoms. The molecule has 0 aliphatic heterocycles. The normalized spacial score (nSPS) is 12.4. The van der Waals surface area contributed by atoms with E-state index in [2.05, 4.69) is 5.32 Å². The van der Waals surface area contributed by atoms with Gasteiger partial charge in [-0.1, -0.05) is 41.9 Å². The van der Waals surface area contributed by atoms with Crippen molar-refractivity contribution >= 4 is 33.0 Å². The van der Waals surface area contributed by atoms with E-state index in [0.29, 0.717) is 30.0 Å². The summed E-state index contributed by atoms with van der Waals surface area (Å²) in [6.45, 7) is 6.07. The number of anilines is 1. The lowest BCUT2D eigenvalue weighted by Gasteiger charge is -2.18. The van der Waals surface area contributed by atoms with E-state index in [0.717, 1.165) is 28.8 Å². The minimum Gasteiger partial charge on any atom is -0.373 e. The van der Waals surface area contributed by atoms with Crippen molar-refractivity contribution in [2.24, 2.45) is 0 Å². The van der Waals surface area contributed by atoms with Crippen LogP contribution >= 0.6 is 11.6 Å². The zero-order valence-corrected chi connectivity index (χ0v) is 23.7. The number of carbonyl (C=O) groups excluding carboxylic acids is 1. The van der Waals surface area contributed by atoms with Crippen molar-refractivity contribution < 1.29 is 22.3 Å². The maximum absolute atomic E-state index is 13.9. The molecule has 0 spiro atoms. The number of carbonyl (C=O) groups is 1. The number of amides is 1. The monoisotopic (exact) mass is 568 g/mol. The highest BCUT2D eigenvalue weighted by Crippen LogP contribution is 2.28. The first kappa shape index (κ1) is 28.5. The SMILES string of the molecule is Cc1cc(F)ccc1-n1c(CC(C)OCc2ccccc2)cc(C(=O)Nc2ccc(S(C)(=O)=O)c(Cl)c2)c1C. The van der Waals surface area contributed by atoms with Gasteiger partial charge in [0.1, 0.15) is 5.82 Å². The number of nitrogens with zero attached hydrogens (tertiary/aromatic N) is 1. The number of halogens is 2. The number of aryl methyl sites for hydroxylation is 1. The largest absolute Gasteiger partial charge is 0.373 e. The molecule has 39 heavy (non-hydrogen) atoms. The van der Waals surface area contributed by atoms with Crippen LogP contribution in [-0.2, 0) is 27.6 Å². The summed E-state index contributed by atoms with van der Waals surface area (Å²) in [5.74, 6) is -0.720. The van der Waals surface area contributed by atoms with Crippen molar-refractivity contribution in [3.05, 3.63) is 112 Å². The van der Waals surface area contributed by atoms with Crippen molar-refractivity contribution in [3.8, 4) is 5.69 Å². The molecule has 1 N–H and O–H groups in total. The van der Waals surface area contributed by atoms with Gasteiger partial charge in [0.15, 0.2) is 9.84 Å². The Labute approximate surface area is 233 Å². The lowest BCUT2D eigenvalue weighted by molar-refractivity contribution is 0.0526. The third kappa shape index (κ3) is 6.76. The quantitative estimate of drug-likeness (QED) is 0.244. The van der Waals surface area contributed by atoms with E-state index in [9.17, 15) is 17.6 Å². The van der Waals surface area contributed by atoms with E-state index in [1.807, 2.05) is 61.7 Å². The van der Waals surface area contributed by atoms with E-state index in [-0.39, 0.29) is 27.7 Å². The fourth-order valence-electron chi connectivity index (χ4n) is 4.50. The van der Waals surface area contributed by atoms with Crippen molar-refractivity contribution in [2.75, 3.05) is 11.6 Å². The highest BCUT2D eigenvalue weighted by atomic mass is 35.5. The molecule has 0 radical (unpaired) electrons. The Morgan fingerprint density at radius 2 is 1.77 bits per heavy atom. The Balaban J connectivity index is 1.65. The maximum Gasteiger partial charge on any atom is 0.257 e. The molecule has 4 rings (SSSR count). The Kier molecular flexibility index (Phi) is 8.59. The second-order valence-corrected chi connectivity index (χ2v) is 12.0. The Morgan fingerprint density at radius 3 is 2.41 bits per heavy atom. The molecule has 0 saturated heterocycles. The van der Waals surface area contributed by atoms with Crippen LogP contribution in [0.2, 0.25) is 5.02 Å². The molecule has 1 atom stereocenters. The predicted octanol–water partition coefficient (Wildman–Crippen LogP) is 6.69. The minimum absolute atomic E-state index is 0.0111. The summed E-state index contributed by atoms with van der Waals surface area (Å²) in [5, 5.41) is 2.84.